The van der Waals surface area contributed by atoms with Gasteiger partial charge in [-0.1, -0.05) is 12.1 Å². The Bertz CT molecular complexity index is 759. The van der Waals surface area contributed by atoms with Gasteiger partial charge >= 0.3 is 6.18 Å². The molecule has 3 saturated heterocycles. The van der Waals surface area contributed by atoms with Crippen LogP contribution < -0.4 is 4.90 Å². The Morgan fingerprint density at radius 3 is 1.96 bits per heavy atom. The molecule has 0 spiro atoms. The summed E-state index contributed by atoms with van der Waals surface area (Å²) in [6.07, 6.45) is -6.01. The SMILES string of the molecule is CC12CCC(C)(O1)[C@H]1C(=O)N(c3ccc(C(O)C(F)(F)F)cc3)C(=O)[C@H]12. The lowest BCUT2D eigenvalue weighted by molar-refractivity contribution is -0.206. The number of hydrogen-bond acceptors (Lipinski definition) is 4. The normalized spacial score (nSPS) is 37.4. The standard InChI is InChI=1S/C18H18F3NO4/c1-16-7-8-17(2,26-16)12-11(16)14(24)22(15(12)25)10-5-3-9(4-6-10)13(23)18(19,20)21/h3-6,11-13,23H,7-8H2,1-2H3/t11-,12+,13?,16?,17?. The molecule has 2 amide bonds. The second kappa shape index (κ2) is 5.07. The van der Waals surface area contributed by atoms with E-state index in [4.69, 9.17) is 4.74 Å². The number of imide groups is 1. The van der Waals surface area contributed by atoms with Crippen LogP contribution in [0.3, 0.4) is 0 Å². The molecule has 4 rings (SSSR count). The zero-order valence-corrected chi connectivity index (χ0v) is 14.2. The van der Waals surface area contributed by atoms with Crippen molar-refractivity contribution >= 4 is 17.5 Å². The fraction of sp³-hybridized carbons (Fsp3) is 0.556. The van der Waals surface area contributed by atoms with Crippen molar-refractivity contribution in [2.75, 3.05) is 4.90 Å². The van der Waals surface area contributed by atoms with E-state index in [1.54, 1.807) is 0 Å². The topological polar surface area (TPSA) is 66.8 Å². The van der Waals surface area contributed by atoms with Crippen molar-refractivity contribution in [1.29, 1.82) is 0 Å². The van der Waals surface area contributed by atoms with Gasteiger partial charge in [0.2, 0.25) is 11.8 Å². The average molecular weight is 369 g/mol. The fourth-order valence-corrected chi connectivity index (χ4v) is 4.72. The van der Waals surface area contributed by atoms with Crippen LogP contribution in [0, 0.1) is 11.8 Å². The van der Waals surface area contributed by atoms with E-state index >= 15 is 0 Å². The molecule has 0 radical (unpaired) electrons. The van der Waals surface area contributed by atoms with Crippen LogP contribution in [0.5, 0.6) is 0 Å². The van der Waals surface area contributed by atoms with Gasteiger partial charge in [-0.3, -0.25) is 9.59 Å². The smallest absolute Gasteiger partial charge is 0.379 e. The van der Waals surface area contributed by atoms with Crippen LogP contribution in [-0.4, -0.2) is 34.3 Å². The fourth-order valence-electron chi connectivity index (χ4n) is 4.72. The van der Waals surface area contributed by atoms with Crippen LogP contribution in [-0.2, 0) is 14.3 Å². The molecule has 1 aromatic rings. The van der Waals surface area contributed by atoms with Gasteiger partial charge in [0.05, 0.1) is 28.7 Å². The Kier molecular flexibility index (Phi) is 3.41. The molecule has 1 N–H and O–H groups in total. The summed E-state index contributed by atoms with van der Waals surface area (Å²) in [5.41, 5.74) is -1.51. The first-order valence-electron chi connectivity index (χ1n) is 8.41. The van der Waals surface area contributed by atoms with Crippen LogP contribution in [0.1, 0.15) is 38.4 Å². The van der Waals surface area contributed by atoms with Gasteiger partial charge < -0.3 is 9.84 Å². The molecule has 8 heteroatoms. The molecule has 3 unspecified atom stereocenters. The molecule has 3 heterocycles. The number of ether oxygens (including phenoxy) is 1. The lowest BCUT2D eigenvalue weighted by Gasteiger charge is -2.27. The average Bonchev–Trinajstić information content (AvgIpc) is 3.10. The highest BCUT2D eigenvalue weighted by molar-refractivity contribution is 6.23. The van der Waals surface area contributed by atoms with Crippen molar-refractivity contribution < 1.29 is 32.6 Å². The van der Waals surface area contributed by atoms with Gasteiger partial charge in [0.15, 0.2) is 6.10 Å². The van der Waals surface area contributed by atoms with Gasteiger partial charge in [0.25, 0.3) is 0 Å². The van der Waals surface area contributed by atoms with Crippen LogP contribution in [0.25, 0.3) is 0 Å². The van der Waals surface area contributed by atoms with E-state index in [-0.39, 0.29) is 23.1 Å². The van der Waals surface area contributed by atoms with E-state index < -0.39 is 35.3 Å². The van der Waals surface area contributed by atoms with Gasteiger partial charge in [-0.25, -0.2) is 4.90 Å². The molecule has 5 atom stereocenters. The second-order valence-electron chi connectivity index (χ2n) is 7.73. The summed E-state index contributed by atoms with van der Waals surface area (Å²) < 4.78 is 43.8. The summed E-state index contributed by atoms with van der Waals surface area (Å²) in [5.74, 6) is -1.91. The molecule has 0 saturated carbocycles. The maximum absolute atomic E-state index is 12.9. The number of hydrogen-bond donors (Lipinski definition) is 1. The Morgan fingerprint density at radius 1 is 1.08 bits per heavy atom. The Balaban J connectivity index is 1.66. The molecule has 3 aliphatic heterocycles. The van der Waals surface area contributed by atoms with Crippen LogP contribution in [0.4, 0.5) is 18.9 Å². The number of halogens is 3. The summed E-state index contributed by atoms with van der Waals surface area (Å²) in [6.45, 7) is 3.67. The van der Waals surface area contributed by atoms with E-state index in [2.05, 4.69) is 0 Å². The lowest BCUT2D eigenvalue weighted by Crippen LogP contribution is -2.40. The largest absolute Gasteiger partial charge is 0.418 e. The van der Waals surface area contributed by atoms with Crippen LogP contribution in [0.15, 0.2) is 24.3 Å². The minimum Gasteiger partial charge on any atom is -0.379 e. The molecule has 140 valence electrons. The molecule has 2 bridgehead atoms. The van der Waals surface area contributed by atoms with Crippen molar-refractivity contribution in [3.63, 3.8) is 0 Å². The van der Waals surface area contributed by atoms with Crippen LogP contribution >= 0.6 is 0 Å². The number of aliphatic hydroxyl groups is 1. The van der Waals surface area contributed by atoms with Gasteiger partial charge in [0.1, 0.15) is 0 Å². The number of nitrogens with zero attached hydrogens (tertiary/aromatic N) is 1. The highest BCUT2D eigenvalue weighted by atomic mass is 19.4. The number of rotatable bonds is 2. The molecule has 1 aromatic carbocycles. The zero-order chi connectivity index (χ0) is 19.1. The third kappa shape index (κ3) is 2.18. The third-order valence-electron chi connectivity index (χ3n) is 5.98. The summed E-state index contributed by atoms with van der Waals surface area (Å²) in [7, 11) is 0. The van der Waals surface area contributed by atoms with Crippen molar-refractivity contribution in [1.82, 2.24) is 0 Å². The van der Waals surface area contributed by atoms with E-state index in [9.17, 15) is 27.9 Å². The molecule has 3 aliphatic rings. The molecule has 0 aromatic heterocycles. The van der Waals surface area contributed by atoms with Crippen LogP contribution in [0.2, 0.25) is 0 Å². The number of amides is 2. The van der Waals surface area contributed by atoms with Gasteiger partial charge in [-0.15, -0.1) is 0 Å². The van der Waals surface area contributed by atoms with Crippen molar-refractivity contribution in [2.24, 2.45) is 11.8 Å². The molecular formula is C18H18F3NO4. The first kappa shape index (κ1) is 17.5. The molecule has 0 aliphatic carbocycles. The number of alkyl halides is 3. The number of anilines is 1. The van der Waals surface area contributed by atoms with Gasteiger partial charge in [-0.2, -0.15) is 13.2 Å². The summed E-state index contributed by atoms with van der Waals surface area (Å²) in [5, 5.41) is 9.31. The van der Waals surface area contributed by atoms with Gasteiger partial charge in [-0.05, 0) is 44.4 Å². The van der Waals surface area contributed by atoms with E-state index in [1.807, 2.05) is 13.8 Å². The summed E-state index contributed by atoms with van der Waals surface area (Å²) in [6, 6.07) is 4.68. The number of carbonyl (C=O) groups excluding carboxylic acids is 2. The quantitative estimate of drug-likeness (QED) is 0.814. The Morgan fingerprint density at radius 2 is 1.54 bits per heavy atom. The minimum atomic E-state index is -4.78. The predicted molar refractivity (Wildman–Crippen MR) is 84.1 cm³/mol. The highest BCUT2D eigenvalue weighted by Gasteiger charge is 2.72. The Labute approximate surface area is 147 Å². The molecule has 3 fully saturated rings. The highest BCUT2D eigenvalue weighted by Crippen LogP contribution is 2.60. The van der Waals surface area contributed by atoms with Crippen molar-refractivity contribution in [3.05, 3.63) is 29.8 Å². The van der Waals surface area contributed by atoms with E-state index in [0.29, 0.717) is 12.8 Å². The zero-order valence-electron chi connectivity index (χ0n) is 14.2. The van der Waals surface area contributed by atoms with Crippen molar-refractivity contribution in [2.45, 2.75) is 50.2 Å². The van der Waals surface area contributed by atoms with E-state index in [0.717, 1.165) is 17.0 Å². The van der Waals surface area contributed by atoms with Crippen molar-refractivity contribution in [3.8, 4) is 0 Å². The number of benzene rings is 1. The number of fused-ring (bicyclic) bond motifs is 5. The van der Waals surface area contributed by atoms with Gasteiger partial charge in [0, 0.05) is 0 Å². The molecule has 26 heavy (non-hydrogen) atoms. The maximum atomic E-state index is 12.9. The first-order valence-corrected chi connectivity index (χ1v) is 8.41. The predicted octanol–water partition coefficient (Wildman–Crippen LogP) is 2.73. The Hall–Kier alpha value is -1.93. The van der Waals surface area contributed by atoms with E-state index in [1.165, 1.54) is 12.1 Å². The lowest BCUT2D eigenvalue weighted by atomic mass is 9.69. The number of aliphatic hydroxyl groups excluding tert-OH is 1. The molecular weight excluding hydrogens is 351 g/mol. The monoisotopic (exact) mass is 369 g/mol. The summed E-state index contributed by atoms with van der Waals surface area (Å²) >= 11 is 0. The first-order chi connectivity index (χ1) is 12.0. The minimum absolute atomic E-state index is 0.208. The second-order valence-corrected chi connectivity index (χ2v) is 7.73. The number of carbonyl (C=O) groups is 2. The molecule has 5 nitrogen and oxygen atoms in total. The maximum Gasteiger partial charge on any atom is 0.418 e. The summed E-state index contributed by atoms with van der Waals surface area (Å²) in [4.78, 5) is 26.9. The third-order valence-corrected chi connectivity index (χ3v) is 5.98.